The molecule has 2 rings (SSSR count). The highest BCUT2D eigenvalue weighted by Gasteiger charge is 2.22. The second-order valence-electron chi connectivity index (χ2n) is 4.27. The van der Waals surface area contributed by atoms with Crippen LogP contribution in [0.25, 0.3) is 11.5 Å². The Morgan fingerprint density at radius 3 is 2.76 bits per heavy atom. The van der Waals surface area contributed by atoms with Crippen molar-refractivity contribution >= 4 is 11.7 Å². The number of non-ortho nitro benzene ring substituents is 1. The van der Waals surface area contributed by atoms with Crippen molar-refractivity contribution in [2.75, 3.05) is 0 Å². The van der Waals surface area contributed by atoms with Gasteiger partial charge in [0.15, 0.2) is 0 Å². The first-order valence-corrected chi connectivity index (χ1v) is 6.11. The van der Waals surface area contributed by atoms with E-state index in [0.717, 1.165) is 18.2 Å². The van der Waals surface area contributed by atoms with Crippen molar-refractivity contribution in [3.8, 4) is 11.5 Å². The molecule has 110 valence electrons. The van der Waals surface area contributed by atoms with Gasteiger partial charge in [-0.05, 0) is 12.5 Å². The standard InChI is InChI=1S/C13H11FN2O5/c1-2-3-10-11(13(17)18)21-12(15-10)8-5-4-7(16(19)20)6-9(8)14/h4-6H,2-3H2,1H3,(H,17,18). The van der Waals surface area contributed by atoms with Crippen LogP contribution in [0.5, 0.6) is 0 Å². The van der Waals surface area contributed by atoms with E-state index in [-0.39, 0.29) is 22.9 Å². The van der Waals surface area contributed by atoms with Crippen LogP contribution in [-0.4, -0.2) is 21.0 Å². The van der Waals surface area contributed by atoms with Gasteiger partial charge in [0.25, 0.3) is 5.69 Å². The van der Waals surface area contributed by atoms with Gasteiger partial charge in [-0.15, -0.1) is 0 Å². The number of rotatable bonds is 5. The van der Waals surface area contributed by atoms with E-state index in [4.69, 9.17) is 9.52 Å². The molecule has 0 aliphatic rings. The Morgan fingerprint density at radius 2 is 2.24 bits per heavy atom. The summed E-state index contributed by atoms with van der Waals surface area (Å²) in [6, 6.07) is 2.97. The second kappa shape index (κ2) is 5.70. The smallest absolute Gasteiger partial charge is 0.373 e. The second-order valence-corrected chi connectivity index (χ2v) is 4.27. The van der Waals surface area contributed by atoms with E-state index in [9.17, 15) is 19.3 Å². The molecule has 0 atom stereocenters. The highest BCUT2D eigenvalue weighted by Crippen LogP contribution is 2.28. The van der Waals surface area contributed by atoms with Crippen LogP contribution in [0, 0.1) is 15.9 Å². The Morgan fingerprint density at radius 1 is 1.52 bits per heavy atom. The lowest BCUT2D eigenvalue weighted by molar-refractivity contribution is -0.385. The summed E-state index contributed by atoms with van der Waals surface area (Å²) in [5.74, 6) is -2.74. The first-order valence-electron chi connectivity index (χ1n) is 6.11. The maximum atomic E-state index is 13.9. The van der Waals surface area contributed by atoms with Gasteiger partial charge in [0.05, 0.1) is 22.2 Å². The van der Waals surface area contributed by atoms with Gasteiger partial charge in [-0.25, -0.2) is 14.2 Å². The third-order valence-electron chi connectivity index (χ3n) is 2.77. The van der Waals surface area contributed by atoms with Crippen LogP contribution in [-0.2, 0) is 6.42 Å². The van der Waals surface area contributed by atoms with E-state index in [1.165, 1.54) is 0 Å². The van der Waals surface area contributed by atoms with Gasteiger partial charge in [0.1, 0.15) is 5.82 Å². The molecule has 0 amide bonds. The maximum absolute atomic E-state index is 13.9. The zero-order chi connectivity index (χ0) is 15.6. The van der Waals surface area contributed by atoms with Crippen molar-refractivity contribution in [2.45, 2.75) is 19.8 Å². The number of carboxylic acids is 1. The number of halogens is 1. The van der Waals surface area contributed by atoms with Gasteiger partial charge in [-0.3, -0.25) is 10.1 Å². The van der Waals surface area contributed by atoms with Crippen molar-refractivity contribution in [3.63, 3.8) is 0 Å². The number of nitrogens with zero attached hydrogens (tertiary/aromatic N) is 2. The average molecular weight is 294 g/mol. The van der Waals surface area contributed by atoms with Crippen molar-refractivity contribution in [1.29, 1.82) is 0 Å². The van der Waals surface area contributed by atoms with Crippen LogP contribution in [0.15, 0.2) is 22.6 Å². The third kappa shape index (κ3) is 2.88. The number of hydrogen-bond donors (Lipinski definition) is 1. The van der Waals surface area contributed by atoms with Gasteiger partial charge in [-0.2, -0.15) is 0 Å². The van der Waals surface area contributed by atoms with Crippen LogP contribution in [0.3, 0.4) is 0 Å². The molecule has 0 aliphatic carbocycles. The molecule has 0 unspecified atom stereocenters. The first kappa shape index (κ1) is 14.6. The number of hydrogen-bond acceptors (Lipinski definition) is 5. The van der Waals surface area contributed by atoms with Crippen molar-refractivity contribution in [3.05, 3.63) is 45.6 Å². The molecule has 0 fully saturated rings. The number of oxazole rings is 1. The van der Waals surface area contributed by atoms with E-state index < -0.39 is 22.4 Å². The molecule has 0 spiro atoms. The monoisotopic (exact) mass is 294 g/mol. The minimum absolute atomic E-state index is 0.120. The van der Waals surface area contributed by atoms with Gasteiger partial charge in [-0.1, -0.05) is 13.3 Å². The summed E-state index contributed by atoms with van der Waals surface area (Å²) in [7, 11) is 0. The van der Waals surface area contributed by atoms with Crippen molar-refractivity contribution in [2.24, 2.45) is 0 Å². The number of aromatic carboxylic acids is 1. The van der Waals surface area contributed by atoms with E-state index in [1.54, 1.807) is 0 Å². The topological polar surface area (TPSA) is 106 Å². The summed E-state index contributed by atoms with van der Waals surface area (Å²) < 4.78 is 18.9. The van der Waals surface area contributed by atoms with E-state index in [1.807, 2.05) is 6.92 Å². The fourth-order valence-corrected chi connectivity index (χ4v) is 1.83. The lowest BCUT2D eigenvalue weighted by Crippen LogP contribution is -1.99. The van der Waals surface area contributed by atoms with E-state index in [2.05, 4.69) is 4.98 Å². The molecule has 0 saturated heterocycles. The predicted octanol–water partition coefficient (Wildman–Crippen LogP) is 3.04. The molecule has 21 heavy (non-hydrogen) atoms. The summed E-state index contributed by atoms with van der Waals surface area (Å²) in [4.78, 5) is 24.8. The van der Waals surface area contributed by atoms with Gasteiger partial charge in [0, 0.05) is 6.07 Å². The molecular weight excluding hydrogens is 283 g/mol. The zero-order valence-electron chi connectivity index (χ0n) is 11.0. The van der Waals surface area contributed by atoms with Crippen LogP contribution >= 0.6 is 0 Å². The minimum atomic E-state index is -1.29. The lowest BCUT2D eigenvalue weighted by Gasteiger charge is -1.98. The van der Waals surface area contributed by atoms with Gasteiger partial charge < -0.3 is 9.52 Å². The Balaban J connectivity index is 2.49. The number of nitro groups is 1. The molecule has 0 bridgehead atoms. The molecule has 8 heteroatoms. The molecule has 1 heterocycles. The largest absolute Gasteiger partial charge is 0.475 e. The number of aromatic nitrogens is 1. The first-order chi connectivity index (χ1) is 9.93. The maximum Gasteiger partial charge on any atom is 0.373 e. The van der Waals surface area contributed by atoms with E-state index >= 15 is 0 Å². The molecule has 1 N–H and O–H groups in total. The molecule has 2 aromatic rings. The Hall–Kier alpha value is -2.77. The Bertz CT molecular complexity index is 711. The SMILES string of the molecule is CCCc1nc(-c2ccc([N+](=O)[O-])cc2F)oc1C(=O)O. The zero-order valence-corrected chi connectivity index (χ0v) is 11.0. The number of nitro benzene ring substituents is 1. The highest BCUT2D eigenvalue weighted by molar-refractivity contribution is 5.86. The minimum Gasteiger partial charge on any atom is -0.475 e. The Kier molecular flexibility index (Phi) is 3.97. The van der Waals surface area contributed by atoms with Crippen molar-refractivity contribution < 1.29 is 23.6 Å². The number of carbonyl (C=O) groups is 1. The third-order valence-corrected chi connectivity index (χ3v) is 2.77. The summed E-state index contributed by atoms with van der Waals surface area (Å²) in [6.07, 6.45) is 1.02. The quantitative estimate of drug-likeness (QED) is 0.671. The summed E-state index contributed by atoms with van der Waals surface area (Å²) >= 11 is 0. The van der Waals surface area contributed by atoms with Gasteiger partial charge in [0.2, 0.25) is 11.7 Å². The molecule has 1 aromatic carbocycles. The number of carboxylic acid groups (broad SMARTS) is 1. The molecule has 0 aliphatic heterocycles. The lowest BCUT2D eigenvalue weighted by atomic mass is 10.2. The van der Waals surface area contributed by atoms with E-state index in [0.29, 0.717) is 12.8 Å². The highest BCUT2D eigenvalue weighted by atomic mass is 19.1. The normalized spacial score (nSPS) is 10.6. The average Bonchev–Trinajstić information content (AvgIpc) is 2.83. The summed E-state index contributed by atoms with van der Waals surface area (Å²) in [5.41, 5.74) is -0.307. The molecular formula is C13H11FN2O5. The van der Waals surface area contributed by atoms with Crippen LogP contribution < -0.4 is 0 Å². The number of aryl methyl sites for hydroxylation is 1. The molecule has 7 nitrogen and oxygen atoms in total. The van der Waals surface area contributed by atoms with Crippen LogP contribution in [0.2, 0.25) is 0 Å². The van der Waals surface area contributed by atoms with Crippen LogP contribution in [0.1, 0.15) is 29.6 Å². The fourth-order valence-electron chi connectivity index (χ4n) is 1.83. The molecule has 0 saturated carbocycles. The fraction of sp³-hybridized carbons (Fsp3) is 0.231. The van der Waals surface area contributed by atoms with Crippen LogP contribution in [0.4, 0.5) is 10.1 Å². The number of benzene rings is 1. The molecule has 0 radical (unpaired) electrons. The predicted molar refractivity (Wildman–Crippen MR) is 69.5 cm³/mol. The summed E-state index contributed by atoms with van der Waals surface area (Å²) in [6.45, 7) is 1.84. The molecule has 1 aromatic heterocycles. The van der Waals surface area contributed by atoms with Gasteiger partial charge >= 0.3 is 5.97 Å². The Labute approximate surface area is 118 Å². The summed E-state index contributed by atoms with van der Waals surface area (Å²) in [5, 5.41) is 19.6. The van der Waals surface area contributed by atoms with Crippen molar-refractivity contribution in [1.82, 2.24) is 4.98 Å².